The first-order chi connectivity index (χ1) is 14.7. The molecule has 2 heterocycles. The summed E-state index contributed by atoms with van der Waals surface area (Å²) in [5.74, 6) is 1.39. The number of anilines is 1. The molecule has 1 amide bonds. The Hall–Kier alpha value is -2.53. The number of thioether (sulfide) groups is 1. The van der Waals surface area contributed by atoms with Crippen molar-refractivity contribution in [1.82, 2.24) is 9.80 Å². The minimum absolute atomic E-state index is 0.00733. The fraction of sp³-hybridized carbons (Fsp3) is 0.391. The van der Waals surface area contributed by atoms with Crippen LogP contribution in [0.1, 0.15) is 11.1 Å². The van der Waals surface area contributed by atoms with Crippen molar-refractivity contribution in [3.05, 3.63) is 53.6 Å². The van der Waals surface area contributed by atoms with Gasteiger partial charge in [-0.15, -0.1) is 11.8 Å². The molecular formula is C23H26N4O2S. The minimum Gasteiger partial charge on any atom is -0.493 e. The van der Waals surface area contributed by atoms with Gasteiger partial charge in [0.05, 0.1) is 30.7 Å². The molecule has 0 atom stereocenters. The van der Waals surface area contributed by atoms with E-state index >= 15 is 0 Å². The van der Waals surface area contributed by atoms with E-state index in [1.165, 1.54) is 22.9 Å². The van der Waals surface area contributed by atoms with Gasteiger partial charge < -0.3 is 10.1 Å². The van der Waals surface area contributed by atoms with Gasteiger partial charge >= 0.3 is 0 Å². The van der Waals surface area contributed by atoms with Crippen LogP contribution in [0.4, 0.5) is 5.69 Å². The minimum atomic E-state index is -0.00733. The Morgan fingerprint density at radius 3 is 2.77 bits per heavy atom. The highest BCUT2D eigenvalue weighted by Gasteiger charge is 2.20. The first-order valence-corrected chi connectivity index (χ1v) is 11.3. The number of nitriles is 1. The van der Waals surface area contributed by atoms with Gasteiger partial charge in [-0.2, -0.15) is 5.26 Å². The van der Waals surface area contributed by atoms with Crippen LogP contribution in [0.2, 0.25) is 0 Å². The van der Waals surface area contributed by atoms with Crippen LogP contribution in [0, 0.1) is 11.3 Å². The number of carbonyl (C=O) groups is 1. The smallest absolute Gasteiger partial charge is 0.238 e. The molecule has 0 saturated carbocycles. The molecule has 1 saturated heterocycles. The highest BCUT2D eigenvalue weighted by molar-refractivity contribution is 7.99. The molecule has 1 N–H and O–H groups in total. The van der Waals surface area contributed by atoms with Gasteiger partial charge in [-0.25, -0.2) is 0 Å². The lowest BCUT2D eigenvalue weighted by Gasteiger charge is -2.34. The average Bonchev–Trinajstić information content (AvgIpc) is 3.22. The van der Waals surface area contributed by atoms with Crippen LogP contribution in [0.3, 0.4) is 0 Å². The van der Waals surface area contributed by atoms with Gasteiger partial charge in [0.25, 0.3) is 0 Å². The summed E-state index contributed by atoms with van der Waals surface area (Å²) >= 11 is 1.44. The lowest BCUT2D eigenvalue weighted by Crippen LogP contribution is -2.48. The summed E-state index contributed by atoms with van der Waals surface area (Å²) < 4.78 is 5.59. The molecule has 1 fully saturated rings. The number of nitrogens with one attached hydrogen (secondary N) is 1. The number of carbonyl (C=O) groups excluding carboxylic acids is 1. The van der Waals surface area contributed by atoms with E-state index in [9.17, 15) is 4.79 Å². The molecule has 30 heavy (non-hydrogen) atoms. The monoisotopic (exact) mass is 422 g/mol. The summed E-state index contributed by atoms with van der Waals surface area (Å²) in [6.07, 6.45) is 1.00. The molecule has 156 valence electrons. The number of fused-ring (bicyclic) bond motifs is 1. The van der Waals surface area contributed by atoms with Crippen molar-refractivity contribution in [3.63, 3.8) is 0 Å². The van der Waals surface area contributed by atoms with Crippen LogP contribution < -0.4 is 10.1 Å². The van der Waals surface area contributed by atoms with Crippen molar-refractivity contribution in [3.8, 4) is 11.8 Å². The van der Waals surface area contributed by atoms with Crippen LogP contribution in [0.15, 0.2) is 47.4 Å². The molecule has 2 aromatic rings. The number of amides is 1. The normalized spacial score (nSPS) is 16.5. The molecular weight excluding hydrogens is 396 g/mol. The second-order valence-electron chi connectivity index (χ2n) is 7.58. The zero-order valence-electron chi connectivity index (χ0n) is 17.0. The molecule has 7 heteroatoms. The number of para-hydroxylation sites is 1. The zero-order valence-corrected chi connectivity index (χ0v) is 17.8. The van der Waals surface area contributed by atoms with E-state index < -0.39 is 0 Å². The van der Waals surface area contributed by atoms with Gasteiger partial charge in [0, 0.05) is 44.0 Å². The summed E-state index contributed by atoms with van der Waals surface area (Å²) in [5, 5.41) is 11.8. The Kier molecular flexibility index (Phi) is 6.90. The van der Waals surface area contributed by atoms with Crippen LogP contribution >= 0.6 is 11.8 Å². The fourth-order valence-electron chi connectivity index (χ4n) is 3.90. The Labute approximate surface area is 181 Å². The first kappa shape index (κ1) is 20.7. The van der Waals surface area contributed by atoms with Gasteiger partial charge in [0.15, 0.2) is 0 Å². The van der Waals surface area contributed by atoms with E-state index in [1.807, 2.05) is 24.3 Å². The third-order valence-corrected chi connectivity index (χ3v) is 6.39. The standard InChI is InChI=1S/C23H26N4O2S/c24-8-14-30-22-4-2-1-3-20(22)25-23(28)17-27-11-9-26(10-12-27)16-18-5-6-21-19(15-18)7-13-29-21/h1-6,15H,7,9-14,16-17H2,(H,25,28). The summed E-state index contributed by atoms with van der Waals surface area (Å²) in [7, 11) is 0. The van der Waals surface area contributed by atoms with E-state index in [-0.39, 0.29) is 5.91 Å². The number of piperazine rings is 1. The molecule has 0 aromatic heterocycles. The fourth-order valence-corrected chi connectivity index (χ4v) is 4.57. The van der Waals surface area contributed by atoms with Crippen LogP contribution in [-0.2, 0) is 17.8 Å². The Morgan fingerprint density at radius 2 is 1.93 bits per heavy atom. The Morgan fingerprint density at radius 1 is 1.13 bits per heavy atom. The van der Waals surface area contributed by atoms with Crippen molar-refractivity contribution in [2.24, 2.45) is 0 Å². The van der Waals surface area contributed by atoms with E-state index in [2.05, 4.69) is 39.4 Å². The number of hydrogen-bond acceptors (Lipinski definition) is 6. The summed E-state index contributed by atoms with van der Waals surface area (Å²) in [6, 6.07) is 16.3. The SMILES string of the molecule is N#CCSc1ccccc1NC(=O)CN1CCN(Cc2ccc3c(c2)CCO3)CC1. The Bertz CT molecular complexity index is 935. The van der Waals surface area contributed by atoms with Crippen molar-refractivity contribution in [2.45, 2.75) is 17.9 Å². The van der Waals surface area contributed by atoms with Gasteiger partial charge in [0.1, 0.15) is 5.75 Å². The second kappa shape index (κ2) is 9.98. The Balaban J connectivity index is 1.24. The molecule has 2 aliphatic heterocycles. The third kappa shape index (κ3) is 5.33. The third-order valence-electron chi connectivity index (χ3n) is 5.45. The maximum Gasteiger partial charge on any atom is 0.238 e. The number of rotatable bonds is 7. The molecule has 6 nitrogen and oxygen atoms in total. The van der Waals surface area contributed by atoms with Gasteiger partial charge in [-0.3, -0.25) is 14.6 Å². The number of hydrogen-bond donors (Lipinski definition) is 1. The topological polar surface area (TPSA) is 68.6 Å². The van der Waals surface area contributed by atoms with Crippen molar-refractivity contribution in [2.75, 3.05) is 50.4 Å². The highest BCUT2D eigenvalue weighted by Crippen LogP contribution is 2.27. The molecule has 0 radical (unpaired) electrons. The summed E-state index contributed by atoms with van der Waals surface area (Å²) in [6.45, 7) is 5.79. The van der Waals surface area contributed by atoms with Gasteiger partial charge in [-0.1, -0.05) is 24.3 Å². The van der Waals surface area contributed by atoms with E-state index in [0.29, 0.717) is 12.3 Å². The van der Waals surface area contributed by atoms with Crippen molar-refractivity contribution in [1.29, 1.82) is 5.26 Å². The summed E-state index contributed by atoms with van der Waals surface area (Å²) in [5.41, 5.74) is 3.43. The highest BCUT2D eigenvalue weighted by atomic mass is 32.2. The number of benzene rings is 2. The second-order valence-corrected chi connectivity index (χ2v) is 8.60. The molecule has 0 spiro atoms. The number of ether oxygens (including phenoxy) is 1. The molecule has 0 aliphatic carbocycles. The average molecular weight is 423 g/mol. The van der Waals surface area contributed by atoms with Crippen molar-refractivity contribution < 1.29 is 9.53 Å². The van der Waals surface area contributed by atoms with Crippen LogP contribution in [-0.4, -0.2) is 60.8 Å². The number of nitrogens with zero attached hydrogens (tertiary/aromatic N) is 3. The molecule has 0 unspecified atom stereocenters. The zero-order chi connectivity index (χ0) is 20.8. The lowest BCUT2D eigenvalue weighted by atomic mass is 10.1. The van der Waals surface area contributed by atoms with Gasteiger partial charge in [0.2, 0.25) is 5.91 Å². The van der Waals surface area contributed by atoms with Crippen molar-refractivity contribution >= 4 is 23.4 Å². The lowest BCUT2D eigenvalue weighted by molar-refractivity contribution is -0.117. The summed E-state index contributed by atoms with van der Waals surface area (Å²) in [4.78, 5) is 18.1. The first-order valence-electron chi connectivity index (χ1n) is 10.3. The van der Waals surface area contributed by atoms with Crippen LogP contribution in [0.5, 0.6) is 5.75 Å². The predicted octanol–water partition coefficient (Wildman–Crippen LogP) is 2.99. The molecule has 0 bridgehead atoms. The molecule has 4 rings (SSSR count). The maximum absolute atomic E-state index is 12.5. The van der Waals surface area contributed by atoms with E-state index in [1.54, 1.807) is 0 Å². The quantitative estimate of drug-likeness (QED) is 0.692. The van der Waals surface area contributed by atoms with Crippen LogP contribution in [0.25, 0.3) is 0 Å². The van der Waals surface area contributed by atoms with E-state index in [0.717, 1.165) is 62.1 Å². The predicted molar refractivity (Wildman–Crippen MR) is 119 cm³/mol. The molecule has 2 aromatic carbocycles. The van der Waals surface area contributed by atoms with E-state index in [4.69, 9.17) is 10.00 Å². The maximum atomic E-state index is 12.5. The largest absolute Gasteiger partial charge is 0.493 e. The molecule has 2 aliphatic rings. The van der Waals surface area contributed by atoms with Gasteiger partial charge in [-0.05, 0) is 29.3 Å².